The van der Waals surface area contributed by atoms with E-state index in [-0.39, 0.29) is 11.5 Å². The van der Waals surface area contributed by atoms with Crippen LogP contribution >= 0.6 is 15.9 Å². The van der Waals surface area contributed by atoms with E-state index in [0.717, 1.165) is 0 Å². The summed E-state index contributed by atoms with van der Waals surface area (Å²) >= 11 is 3.04. The Morgan fingerprint density at radius 1 is 1.82 bits per heavy atom. The van der Waals surface area contributed by atoms with Gasteiger partial charge in [-0.25, -0.2) is 9.78 Å². The molecule has 0 aromatic carbocycles. The van der Waals surface area contributed by atoms with Gasteiger partial charge in [0.2, 0.25) is 0 Å². The highest BCUT2D eigenvalue weighted by atomic mass is 79.9. The number of anilines is 1. The first kappa shape index (κ1) is 8.06. The van der Waals surface area contributed by atoms with Crippen molar-refractivity contribution in [1.82, 2.24) is 9.55 Å². The lowest BCUT2D eigenvalue weighted by Crippen LogP contribution is -2.07. The van der Waals surface area contributed by atoms with Crippen molar-refractivity contribution in [3.8, 4) is 0 Å². The van der Waals surface area contributed by atoms with Crippen molar-refractivity contribution < 1.29 is 9.90 Å². The van der Waals surface area contributed by atoms with Crippen LogP contribution in [0.1, 0.15) is 10.5 Å². The Hall–Kier alpha value is -1.04. The van der Waals surface area contributed by atoms with Crippen LogP contribution < -0.4 is 5.73 Å². The summed E-state index contributed by atoms with van der Waals surface area (Å²) in [6.45, 7) is 0. The second kappa shape index (κ2) is 2.54. The Morgan fingerprint density at radius 3 is 2.55 bits per heavy atom. The molecule has 11 heavy (non-hydrogen) atoms. The van der Waals surface area contributed by atoms with E-state index in [9.17, 15) is 4.79 Å². The third-order valence-corrected chi connectivity index (χ3v) is 1.98. The third-order valence-electron chi connectivity index (χ3n) is 1.27. The van der Waals surface area contributed by atoms with Gasteiger partial charge in [-0.3, -0.25) is 0 Å². The van der Waals surface area contributed by atoms with Gasteiger partial charge in [-0.1, -0.05) is 0 Å². The number of hydrogen-bond donors (Lipinski definition) is 2. The van der Waals surface area contributed by atoms with Crippen LogP contribution in [-0.4, -0.2) is 20.6 Å². The Bertz CT molecular complexity index is 307. The number of halogens is 1. The fourth-order valence-electron chi connectivity index (χ4n) is 0.744. The fourth-order valence-corrected chi connectivity index (χ4v) is 1.11. The number of carbonyl (C=O) groups is 1. The molecule has 0 spiro atoms. The van der Waals surface area contributed by atoms with Gasteiger partial charge in [-0.05, 0) is 15.9 Å². The van der Waals surface area contributed by atoms with Crippen molar-refractivity contribution in [1.29, 1.82) is 0 Å². The van der Waals surface area contributed by atoms with E-state index in [4.69, 9.17) is 10.8 Å². The van der Waals surface area contributed by atoms with Crippen molar-refractivity contribution >= 4 is 27.7 Å². The third kappa shape index (κ3) is 1.21. The molecule has 0 aliphatic heterocycles. The SMILES string of the molecule is Cn1c(Br)nc(N)c1C(=O)O. The molecule has 0 saturated heterocycles. The van der Waals surface area contributed by atoms with Crippen LogP contribution in [0.5, 0.6) is 0 Å². The van der Waals surface area contributed by atoms with E-state index in [1.165, 1.54) is 4.57 Å². The minimum Gasteiger partial charge on any atom is -0.476 e. The maximum atomic E-state index is 10.5. The van der Waals surface area contributed by atoms with Crippen LogP contribution in [0.25, 0.3) is 0 Å². The molecule has 0 unspecified atom stereocenters. The highest BCUT2D eigenvalue weighted by Crippen LogP contribution is 2.16. The van der Waals surface area contributed by atoms with Gasteiger partial charge < -0.3 is 15.4 Å². The first-order valence-corrected chi connectivity index (χ1v) is 3.54. The van der Waals surface area contributed by atoms with E-state index in [1.54, 1.807) is 7.05 Å². The maximum absolute atomic E-state index is 10.5. The molecule has 1 rings (SSSR count). The molecule has 1 heterocycles. The van der Waals surface area contributed by atoms with Crippen molar-refractivity contribution in [3.05, 3.63) is 10.4 Å². The van der Waals surface area contributed by atoms with Crippen LogP contribution in [-0.2, 0) is 7.05 Å². The van der Waals surface area contributed by atoms with E-state index in [0.29, 0.717) is 4.73 Å². The summed E-state index contributed by atoms with van der Waals surface area (Å²) in [5, 5.41) is 8.60. The summed E-state index contributed by atoms with van der Waals surface area (Å²) < 4.78 is 1.77. The molecule has 0 radical (unpaired) electrons. The summed E-state index contributed by atoms with van der Waals surface area (Å²) in [6, 6.07) is 0. The van der Waals surface area contributed by atoms with Gasteiger partial charge in [0.05, 0.1) is 0 Å². The number of hydrogen-bond acceptors (Lipinski definition) is 3. The lowest BCUT2D eigenvalue weighted by atomic mass is 10.4. The standard InChI is InChI=1S/C5H6BrN3O2/c1-9-2(4(10)11)3(7)8-5(9)6/h7H2,1H3,(H,10,11). The number of carboxylic acid groups (broad SMARTS) is 1. The van der Waals surface area contributed by atoms with Gasteiger partial charge in [0.1, 0.15) is 0 Å². The number of nitrogen functional groups attached to an aromatic ring is 1. The van der Waals surface area contributed by atoms with Crippen LogP contribution in [0.15, 0.2) is 4.73 Å². The van der Waals surface area contributed by atoms with Gasteiger partial charge >= 0.3 is 5.97 Å². The molecule has 3 N–H and O–H groups in total. The molecule has 0 amide bonds. The van der Waals surface area contributed by atoms with Crippen molar-refractivity contribution in [2.24, 2.45) is 7.05 Å². The Morgan fingerprint density at radius 2 is 2.36 bits per heavy atom. The van der Waals surface area contributed by atoms with Crippen molar-refractivity contribution in [2.75, 3.05) is 5.73 Å². The molecule has 5 nitrogen and oxygen atoms in total. The van der Waals surface area contributed by atoms with Crippen LogP contribution in [0, 0.1) is 0 Å². The minimum absolute atomic E-state index is 0.00289. The molecule has 0 bridgehead atoms. The van der Waals surface area contributed by atoms with E-state index < -0.39 is 5.97 Å². The lowest BCUT2D eigenvalue weighted by molar-refractivity contribution is 0.0687. The van der Waals surface area contributed by atoms with Gasteiger partial charge in [-0.15, -0.1) is 0 Å². The quantitative estimate of drug-likeness (QED) is 0.720. The second-order valence-corrected chi connectivity index (χ2v) is 2.69. The molecular formula is C5H6BrN3O2. The normalized spacial score (nSPS) is 10.0. The number of aromatic carboxylic acids is 1. The lowest BCUT2D eigenvalue weighted by Gasteiger charge is -1.95. The topological polar surface area (TPSA) is 81.1 Å². The molecule has 0 fully saturated rings. The summed E-state index contributed by atoms with van der Waals surface area (Å²) in [4.78, 5) is 14.2. The summed E-state index contributed by atoms with van der Waals surface area (Å²) in [6.07, 6.45) is 0. The number of nitrogens with two attached hydrogens (primary N) is 1. The molecule has 0 atom stereocenters. The smallest absolute Gasteiger partial charge is 0.356 e. The molecule has 0 saturated carbocycles. The molecule has 6 heteroatoms. The Kier molecular flexibility index (Phi) is 1.86. The zero-order valence-corrected chi connectivity index (χ0v) is 7.29. The summed E-state index contributed by atoms with van der Waals surface area (Å²) in [5.74, 6) is -1.06. The largest absolute Gasteiger partial charge is 0.476 e. The van der Waals surface area contributed by atoms with Gasteiger partial charge in [0, 0.05) is 7.05 Å². The summed E-state index contributed by atoms with van der Waals surface area (Å²) in [5.41, 5.74) is 5.30. The number of rotatable bonds is 1. The average Bonchev–Trinajstić information content (AvgIpc) is 2.07. The van der Waals surface area contributed by atoms with Gasteiger partial charge in [0.25, 0.3) is 0 Å². The first-order chi connectivity index (χ1) is 5.04. The number of aromatic nitrogens is 2. The van der Waals surface area contributed by atoms with Crippen LogP contribution in [0.2, 0.25) is 0 Å². The van der Waals surface area contributed by atoms with Crippen molar-refractivity contribution in [3.63, 3.8) is 0 Å². The first-order valence-electron chi connectivity index (χ1n) is 2.75. The van der Waals surface area contributed by atoms with E-state index in [1.807, 2.05) is 0 Å². The molecule has 1 aromatic heterocycles. The predicted molar refractivity (Wildman–Crippen MR) is 42.3 cm³/mol. The minimum atomic E-state index is -1.08. The maximum Gasteiger partial charge on any atom is 0.356 e. The van der Waals surface area contributed by atoms with E-state index >= 15 is 0 Å². The molecule has 1 aromatic rings. The van der Waals surface area contributed by atoms with Gasteiger partial charge in [-0.2, -0.15) is 0 Å². The average molecular weight is 220 g/mol. The highest BCUT2D eigenvalue weighted by molar-refractivity contribution is 9.10. The van der Waals surface area contributed by atoms with Crippen LogP contribution in [0.3, 0.4) is 0 Å². The predicted octanol–water partition coefficient (Wildman–Crippen LogP) is 0.463. The van der Waals surface area contributed by atoms with Crippen molar-refractivity contribution in [2.45, 2.75) is 0 Å². The molecule has 0 aliphatic carbocycles. The van der Waals surface area contributed by atoms with Crippen LogP contribution in [0.4, 0.5) is 5.82 Å². The molecule has 60 valence electrons. The number of imidazole rings is 1. The fraction of sp³-hybridized carbons (Fsp3) is 0.200. The van der Waals surface area contributed by atoms with E-state index in [2.05, 4.69) is 20.9 Å². The monoisotopic (exact) mass is 219 g/mol. The van der Waals surface area contributed by atoms with Gasteiger partial charge in [0.15, 0.2) is 16.2 Å². The zero-order chi connectivity index (χ0) is 8.59. The number of nitrogens with zero attached hydrogens (tertiary/aromatic N) is 2. The second-order valence-electron chi connectivity index (χ2n) is 1.98. The molecule has 0 aliphatic rings. The highest BCUT2D eigenvalue weighted by Gasteiger charge is 2.16. The molecular weight excluding hydrogens is 214 g/mol. The zero-order valence-electron chi connectivity index (χ0n) is 5.71. The number of carboxylic acids is 1. The summed E-state index contributed by atoms with van der Waals surface area (Å²) in [7, 11) is 1.57. The Labute approximate surface area is 71.0 Å². The Balaban J connectivity index is 3.34.